The first-order valence-corrected chi connectivity index (χ1v) is 6.01. The van der Waals surface area contributed by atoms with Crippen LogP contribution in [0.15, 0.2) is 30.6 Å². The van der Waals surface area contributed by atoms with E-state index in [4.69, 9.17) is 11.5 Å². The molecule has 104 valence electrons. The van der Waals surface area contributed by atoms with Gasteiger partial charge in [0.25, 0.3) is 5.91 Å². The Morgan fingerprint density at radius 3 is 2.85 bits per heavy atom. The molecule has 2 aromatic rings. The maximum Gasteiger partial charge on any atom is 0.250 e. The summed E-state index contributed by atoms with van der Waals surface area (Å²) in [5, 5.41) is 2.91. The predicted octanol–water partition coefficient (Wildman–Crippen LogP) is 1.82. The van der Waals surface area contributed by atoms with Gasteiger partial charge in [0.15, 0.2) is 0 Å². The Bertz CT molecular complexity index is 658. The second-order valence-electron chi connectivity index (χ2n) is 4.44. The first kappa shape index (κ1) is 13.8. The van der Waals surface area contributed by atoms with Gasteiger partial charge in [0.1, 0.15) is 5.82 Å². The summed E-state index contributed by atoms with van der Waals surface area (Å²) in [6.07, 6.45) is 3.39. The Hall–Kier alpha value is -2.63. The summed E-state index contributed by atoms with van der Waals surface area (Å²) >= 11 is 0. The molecule has 20 heavy (non-hydrogen) atoms. The van der Waals surface area contributed by atoms with Crippen LogP contribution in [0.3, 0.4) is 0 Å². The molecule has 2 rings (SSSR count). The third-order valence-electron chi connectivity index (χ3n) is 3.02. The van der Waals surface area contributed by atoms with Crippen molar-refractivity contribution in [2.75, 3.05) is 11.1 Å². The van der Waals surface area contributed by atoms with Gasteiger partial charge in [-0.15, -0.1) is 0 Å². The third-order valence-corrected chi connectivity index (χ3v) is 3.02. The Labute approximate surface area is 115 Å². The molecule has 0 saturated carbocycles. The van der Waals surface area contributed by atoms with Gasteiger partial charge in [-0.05, 0) is 36.2 Å². The number of nitrogens with two attached hydrogens (primary N) is 2. The van der Waals surface area contributed by atoms with Crippen LogP contribution >= 0.6 is 0 Å². The van der Waals surface area contributed by atoms with Crippen molar-refractivity contribution < 1.29 is 9.18 Å². The average Bonchev–Trinajstić information content (AvgIpc) is 2.39. The van der Waals surface area contributed by atoms with Gasteiger partial charge in [0, 0.05) is 24.6 Å². The topological polar surface area (TPSA) is 94.0 Å². The van der Waals surface area contributed by atoms with Crippen molar-refractivity contribution in [2.45, 2.75) is 13.5 Å². The Kier molecular flexibility index (Phi) is 3.84. The fraction of sp³-hybridized carbons (Fsp3) is 0.143. The number of nitrogens with one attached hydrogen (secondary N) is 1. The van der Waals surface area contributed by atoms with Crippen molar-refractivity contribution in [3.05, 3.63) is 53.1 Å². The predicted molar refractivity (Wildman–Crippen MR) is 75.6 cm³/mol. The van der Waals surface area contributed by atoms with E-state index >= 15 is 0 Å². The first-order valence-electron chi connectivity index (χ1n) is 6.01. The highest BCUT2D eigenvalue weighted by Gasteiger charge is 2.12. The van der Waals surface area contributed by atoms with Crippen LogP contribution in [-0.2, 0) is 6.54 Å². The van der Waals surface area contributed by atoms with Crippen molar-refractivity contribution >= 4 is 17.3 Å². The van der Waals surface area contributed by atoms with Crippen LogP contribution in [-0.4, -0.2) is 10.9 Å². The van der Waals surface area contributed by atoms with Crippen LogP contribution in [0.5, 0.6) is 0 Å². The normalized spacial score (nSPS) is 10.3. The molecular formula is C14H15FN4O. The molecule has 0 spiro atoms. The molecular weight excluding hydrogens is 259 g/mol. The highest BCUT2D eigenvalue weighted by Crippen LogP contribution is 2.22. The van der Waals surface area contributed by atoms with E-state index in [2.05, 4.69) is 10.3 Å². The number of carbonyl (C=O) groups excluding carboxylic acids is 1. The number of benzene rings is 1. The molecule has 1 aromatic heterocycles. The number of hydrogen-bond donors (Lipinski definition) is 3. The molecule has 1 heterocycles. The Balaban J connectivity index is 2.24. The smallest absolute Gasteiger partial charge is 0.250 e. The maximum absolute atomic E-state index is 13.8. The van der Waals surface area contributed by atoms with E-state index in [1.807, 2.05) is 13.0 Å². The minimum atomic E-state index is -0.692. The summed E-state index contributed by atoms with van der Waals surface area (Å²) < 4.78 is 13.8. The number of amides is 1. The van der Waals surface area contributed by atoms with Gasteiger partial charge in [-0.25, -0.2) is 4.39 Å². The van der Waals surface area contributed by atoms with Crippen molar-refractivity contribution in [1.29, 1.82) is 0 Å². The second-order valence-corrected chi connectivity index (χ2v) is 4.44. The molecule has 0 aliphatic heterocycles. The van der Waals surface area contributed by atoms with Crippen LogP contribution in [0.4, 0.5) is 15.8 Å². The highest BCUT2D eigenvalue weighted by molar-refractivity contribution is 5.99. The molecule has 1 amide bonds. The van der Waals surface area contributed by atoms with Crippen LogP contribution in [0.1, 0.15) is 21.5 Å². The zero-order valence-electron chi connectivity index (χ0n) is 11.0. The summed E-state index contributed by atoms with van der Waals surface area (Å²) in [5.74, 6) is -1.22. The molecule has 0 saturated heterocycles. The Morgan fingerprint density at radius 1 is 1.45 bits per heavy atom. The summed E-state index contributed by atoms with van der Waals surface area (Å²) in [5.41, 5.74) is 13.0. The number of nitrogens with zero attached hydrogens (tertiary/aromatic N) is 1. The lowest BCUT2D eigenvalue weighted by Crippen LogP contribution is -2.15. The number of aryl methyl sites for hydroxylation is 1. The molecule has 0 radical (unpaired) electrons. The number of halogens is 1. The molecule has 5 nitrogen and oxygen atoms in total. The van der Waals surface area contributed by atoms with E-state index < -0.39 is 11.7 Å². The molecule has 0 fully saturated rings. The molecule has 0 unspecified atom stereocenters. The average molecular weight is 274 g/mol. The number of nitrogen functional groups attached to an aromatic ring is 1. The van der Waals surface area contributed by atoms with Gasteiger partial charge >= 0.3 is 0 Å². The quantitative estimate of drug-likeness (QED) is 0.741. The van der Waals surface area contributed by atoms with E-state index in [0.29, 0.717) is 6.54 Å². The summed E-state index contributed by atoms with van der Waals surface area (Å²) in [4.78, 5) is 15.2. The van der Waals surface area contributed by atoms with Gasteiger partial charge in [-0.3, -0.25) is 9.78 Å². The van der Waals surface area contributed by atoms with Gasteiger partial charge in [-0.2, -0.15) is 0 Å². The highest BCUT2D eigenvalue weighted by atomic mass is 19.1. The van der Waals surface area contributed by atoms with Crippen LogP contribution in [0, 0.1) is 12.7 Å². The standard InChI is InChI=1S/C14H15FN4O/c1-8-2-3-18-6-9(8)7-19-13-4-10(14(17)20)12(16)5-11(13)15/h2-6,19H,7,16H2,1H3,(H2,17,20). The van der Waals surface area contributed by atoms with Gasteiger partial charge in [0.05, 0.1) is 11.3 Å². The number of carbonyl (C=O) groups is 1. The van der Waals surface area contributed by atoms with Gasteiger partial charge in [-0.1, -0.05) is 0 Å². The van der Waals surface area contributed by atoms with Crippen molar-refractivity contribution in [3.8, 4) is 0 Å². The van der Waals surface area contributed by atoms with Crippen LogP contribution in [0.25, 0.3) is 0 Å². The van der Waals surface area contributed by atoms with Crippen LogP contribution < -0.4 is 16.8 Å². The zero-order chi connectivity index (χ0) is 14.7. The summed E-state index contributed by atoms with van der Waals surface area (Å²) in [6, 6.07) is 4.27. The number of anilines is 2. The number of primary amides is 1. The number of aromatic nitrogens is 1. The Morgan fingerprint density at radius 2 is 2.20 bits per heavy atom. The van der Waals surface area contributed by atoms with Gasteiger partial charge < -0.3 is 16.8 Å². The first-order chi connectivity index (χ1) is 9.49. The molecule has 0 bridgehead atoms. The van der Waals surface area contributed by atoms with E-state index in [1.165, 1.54) is 6.07 Å². The van der Waals surface area contributed by atoms with Crippen LogP contribution in [0.2, 0.25) is 0 Å². The molecule has 6 heteroatoms. The lowest BCUT2D eigenvalue weighted by Gasteiger charge is -2.11. The lowest BCUT2D eigenvalue weighted by molar-refractivity contribution is 0.100. The lowest BCUT2D eigenvalue weighted by atomic mass is 10.1. The molecule has 5 N–H and O–H groups in total. The fourth-order valence-corrected chi connectivity index (χ4v) is 1.81. The monoisotopic (exact) mass is 274 g/mol. The van der Waals surface area contributed by atoms with Crippen molar-refractivity contribution in [2.24, 2.45) is 5.73 Å². The second kappa shape index (κ2) is 5.56. The van der Waals surface area contributed by atoms with Crippen molar-refractivity contribution in [3.63, 3.8) is 0 Å². The summed E-state index contributed by atoms with van der Waals surface area (Å²) in [6.45, 7) is 2.32. The fourth-order valence-electron chi connectivity index (χ4n) is 1.81. The van der Waals surface area contributed by atoms with Gasteiger partial charge in [0.2, 0.25) is 0 Å². The third kappa shape index (κ3) is 2.85. The molecule has 1 aromatic carbocycles. The summed E-state index contributed by atoms with van der Waals surface area (Å²) in [7, 11) is 0. The minimum absolute atomic E-state index is 0.0260. The molecule has 0 aliphatic carbocycles. The SMILES string of the molecule is Cc1ccncc1CNc1cc(C(N)=O)c(N)cc1F. The van der Waals surface area contributed by atoms with E-state index in [0.717, 1.165) is 17.2 Å². The van der Waals surface area contributed by atoms with E-state index in [-0.39, 0.29) is 16.9 Å². The molecule has 0 atom stereocenters. The van der Waals surface area contributed by atoms with E-state index in [1.54, 1.807) is 12.4 Å². The number of rotatable bonds is 4. The molecule has 0 aliphatic rings. The maximum atomic E-state index is 13.8. The van der Waals surface area contributed by atoms with Crippen molar-refractivity contribution in [1.82, 2.24) is 4.98 Å². The van der Waals surface area contributed by atoms with E-state index in [9.17, 15) is 9.18 Å². The number of pyridine rings is 1. The zero-order valence-corrected chi connectivity index (χ0v) is 11.0. The number of hydrogen-bond acceptors (Lipinski definition) is 4. The largest absolute Gasteiger partial charge is 0.398 e. The minimum Gasteiger partial charge on any atom is -0.398 e.